The third kappa shape index (κ3) is 3.76. The topological polar surface area (TPSA) is 105 Å². The van der Waals surface area contributed by atoms with Crippen LogP contribution < -0.4 is 4.90 Å². The maximum absolute atomic E-state index is 12.7. The standard InChI is InChI=1S/C11H10BrFN2O5S/c12-8-2-7(11(17)18)3-14-10(8)15-4-6(1-9(15)16)5-21(13,19)20/h2-3,6H,1,4-5H2,(H,17,18). The fourth-order valence-corrected chi connectivity index (χ4v) is 3.48. The van der Waals surface area contributed by atoms with Gasteiger partial charge in [-0.3, -0.25) is 9.69 Å². The minimum atomic E-state index is -4.65. The smallest absolute Gasteiger partial charge is 0.337 e. The van der Waals surface area contributed by atoms with E-state index < -0.39 is 27.9 Å². The van der Waals surface area contributed by atoms with Crippen LogP contribution >= 0.6 is 15.9 Å². The zero-order valence-corrected chi connectivity index (χ0v) is 12.9. The Morgan fingerprint density at radius 2 is 2.24 bits per heavy atom. The molecule has 0 aliphatic carbocycles. The lowest BCUT2D eigenvalue weighted by Gasteiger charge is -2.17. The van der Waals surface area contributed by atoms with E-state index in [1.807, 2.05) is 0 Å². The number of halogens is 2. The average molecular weight is 381 g/mol. The first-order valence-corrected chi connectivity index (χ1v) is 8.13. The van der Waals surface area contributed by atoms with Crippen LogP contribution in [-0.4, -0.2) is 42.7 Å². The van der Waals surface area contributed by atoms with Gasteiger partial charge < -0.3 is 5.11 Å². The quantitative estimate of drug-likeness (QED) is 0.786. The van der Waals surface area contributed by atoms with Crippen molar-refractivity contribution in [3.8, 4) is 0 Å². The summed E-state index contributed by atoms with van der Waals surface area (Å²) < 4.78 is 34.2. The van der Waals surface area contributed by atoms with E-state index in [4.69, 9.17) is 5.11 Å². The first-order chi connectivity index (χ1) is 9.67. The van der Waals surface area contributed by atoms with Crippen molar-refractivity contribution in [3.63, 3.8) is 0 Å². The summed E-state index contributed by atoms with van der Waals surface area (Å²) in [4.78, 5) is 27.8. The van der Waals surface area contributed by atoms with Crippen molar-refractivity contribution in [3.05, 3.63) is 22.3 Å². The Morgan fingerprint density at radius 3 is 2.76 bits per heavy atom. The highest BCUT2D eigenvalue weighted by Crippen LogP contribution is 2.30. The van der Waals surface area contributed by atoms with E-state index in [1.165, 1.54) is 11.0 Å². The number of rotatable bonds is 4. The zero-order valence-electron chi connectivity index (χ0n) is 10.5. The second-order valence-electron chi connectivity index (χ2n) is 4.61. The Bertz CT molecular complexity index is 709. The van der Waals surface area contributed by atoms with Crippen molar-refractivity contribution >= 4 is 43.8 Å². The highest BCUT2D eigenvalue weighted by Gasteiger charge is 2.35. The van der Waals surface area contributed by atoms with Crippen molar-refractivity contribution in [1.82, 2.24) is 4.98 Å². The van der Waals surface area contributed by atoms with Crippen molar-refractivity contribution in [2.75, 3.05) is 17.2 Å². The summed E-state index contributed by atoms with van der Waals surface area (Å²) in [5.74, 6) is -2.74. The number of pyridine rings is 1. The molecule has 1 aliphatic heterocycles. The van der Waals surface area contributed by atoms with E-state index in [0.29, 0.717) is 4.47 Å². The third-order valence-electron chi connectivity index (χ3n) is 2.96. The van der Waals surface area contributed by atoms with Crippen LogP contribution in [0.1, 0.15) is 16.8 Å². The van der Waals surface area contributed by atoms with E-state index in [0.717, 1.165) is 6.20 Å². The molecular weight excluding hydrogens is 371 g/mol. The van der Waals surface area contributed by atoms with Gasteiger partial charge in [0.25, 0.3) is 0 Å². The van der Waals surface area contributed by atoms with E-state index >= 15 is 0 Å². The molecule has 21 heavy (non-hydrogen) atoms. The predicted molar refractivity (Wildman–Crippen MR) is 74.3 cm³/mol. The van der Waals surface area contributed by atoms with Gasteiger partial charge in [-0.05, 0) is 22.0 Å². The van der Waals surface area contributed by atoms with Crippen LogP contribution in [0.2, 0.25) is 0 Å². The van der Waals surface area contributed by atoms with Gasteiger partial charge in [0.15, 0.2) is 0 Å². The molecule has 0 radical (unpaired) electrons. The van der Waals surface area contributed by atoms with E-state index in [1.54, 1.807) is 0 Å². The summed E-state index contributed by atoms with van der Waals surface area (Å²) in [6, 6.07) is 1.29. The van der Waals surface area contributed by atoms with Crippen LogP contribution in [0.3, 0.4) is 0 Å². The van der Waals surface area contributed by atoms with Gasteiger partial charge in [0.05, 0.1) is 15.8 Å². The number of anilines is 1. The molecule has 1 aromatic heterocycles. The summed E-state index contributed by atoms with van der Waals surface area (Å²) in [7, 11) is -4.65. The number of carboxylic acids is 1. The van der Waals surface area contributed by atoms with E-state index in [2.05, 4.69) is 20.9 Å². The molecule has 114 valence electrons. The van der Waals surface area contributed by atoms with Crippen molar-refractivity contribution in [2.24, 2.45) is 5.92 Å². The maximum Gasteiger partial charge on any atom is 0.337 e. The molecule has 2 rings (SSSR count). The Kier molecular flexibility index (Phi) is 4.28. The second kappa shape index (κ2) is 5.68. The lowest BCUT2D eigenvalue weighted by Crippen LogP contribution is -2.26. The number of carbonyl (C=O) groups excluding carboxylic acids is 1. The molecule has 1 fully saturated rings. The zero-order chi connectivity index (χ0) is 15.8. The lowest BCUT2D eigenvalue weighted by molar-refractivity contribution is -0.117. The summed E-state index contributed by atoms with van der Waals surface area (Å²) >= 11 is 3.12. The first kappa shape index (κ1) is 15.8. The molecule has 1 N–H and O–H groups in total. The van der Waals surface area contributed by atoms with Crippen LogP contribution in [0, 0.1) is 5.92 Å². The van der Waals surface area contributed by atoms with Crippen LogP contribution in [0.15, 0.2) is 16.7 Å². The number of amides is 1. The fourth-order valence-electron chi connectivity index (χ4n) is 2.13. The molecule has 0 aromatic carbocycles. The Hall–Kier alpha value is -1.55. The van der Waals surface area contributed by atoms with E-state index in [9.17, 15) is 21.9 Å². The Balaban J connectivity index is 2.23. The Labute approximate surface area is 128 Å². The van der Waals surface area contributed by atoms with Gasteiger partial charge in [-0.2, -0.15) is 8.42 Å². The normalized spacial score (nSPS) is 19.0. The summed E-state index contributed by atoms with van der Waals surface area (Å²) in [5, 5.41) is 8.84. The molecule has 1 saturated heterocycles. The monoisotopic (exact) mass is 380 g/mol. The van der Waals surface area contributed by atoms with Crippen molar-refractivity contribution in [2.45, 2.75) is 6.42 Å². The lowest BCUT2D eigenvalue weighted by atomic mass is 10.1. The summed E-state index contributed by atoms with van der Waals surface area (Å²) in [5.41, 5.74) is -0.0554. The first-order valence-electron chi connectivity index (χ1n) is 5.79. The van der Waals surface area contributed by atoms with Gasteiger partial charge in [-0.25, -0.2) is 9.78 Å². The van der Waals surface area contributed by atoms with Crippen LogP contribution in [0.25, 0.3) is 0 Å². The second-order valence-corrected chi connectivity index (χ2v) is 6.88. The van der Waals surface area contributed by atoms with Crippen molar-refractivity contribution in [1.29, 1.82) is 0 Å². The van der Waals surface area contributed by atoms with E-state index in [-0.39, 0.29) is 30.3 Å². The van der Waals surface area contributed by atoms with Gasteiger partial charge in [-0.1, -0.05) is 0 Å². The molecule has 1 aromatic rings. The molecular formula is C11H10BrFN2O5S. The third-order valence-corrected chi connectivity index (χ3v) is 4.42. The number of aromatic nitrogens is 1. The number of hydrogen-bond acceptors (Lipinski definition) is 5. The molecule has 1 aliphatic rings. The molecule has 0 spiro atoms. The molecule has 10 heteroatoms. The van der Waals surface area contributed by atoms with Gasteiger partial charge in [0, 0.05) is 25.1 Å². The molecule has 7 nitrogen and oxygen atoms in total. The summed E-state index contributed by atoms with van der Waals surface area (Å²) in [6.07, 6.45) is 0.993. The molecule has 1 amide bonds. The molecule has 1 unspecified atom stereocenters. The molecule has 0 saturated carbocycles. The van der Waals surface area contributed by atoms with Crippen LogP contribution in [0.5, 0.6) is 0 Å². The van der Waals surface area contributed by atoms with Gasteiger partial charge in [0.1, 0.15) is 5.82 Å². The maximum atomic E-state index is 12.7. The molecule has 2 heterocycles. The predicted octanol–water partition coefficient (Wildman–Crippen LogP) is 1.19. The number of carbonyl (C=O) groups is 2. The minimum Gasteiger partial charge on any atom is -0.478 e. The van der Waals surface area contributed by atoms with Gasteiger partial charge >= 0.3 is 16.2 Å². The molecule has 1 atom stereocenters. The highest BCUT2D eigenvalue weighted by molar-refractivity contribution is 9.10. The summed E-state index contributed by atoms with van der Waals surface area (Å²) in [6.45, 7) is 0.0139. The SMILES string of the molecule is O=C(O)c1cnc(N2CC(CS(=O)(=O)F)CC2=O)c(Br)c1. The number of nitrogens with zero attached hydrogens (tertiary/aromatic N) is 2. The largest absolute Gasteiger partial charge is 0.478 e. The average Bonchev–Trinajstić information content (AvgIpc) is 2.67. The van der Waals surface area contributed by atoms with Crippen LogP contribution in [0.4, 0.5) is 9.70 Å². The highest BCUT2D eigenvalue weighted by atomic mass is 79.9. The number of hydrogen-bond donors (Lipinski definition) is 1. The minimum absolute atomic E-state index is 0.0139. The van der Waals surface area contributed by atoms with Gasteiger partial charge in [-0.15, -0.1) is 3.89 Å². The van der Waals surface area contributed by atoms with Gasteiger partial charge in [0.2, 0.25) is 5.91 Å². The number of carboxylic acid groups (broad SMARTS) is 1. The Morgan fingerprint density at radius 1 is 1.57 bits per heavy atom. The fraction of sp³-hybridized carbons (Fsp3) is 0.364. The van der Waals surface area contributed by atoms with Crippen LogP contribution in [-0.2, 0) is 15.0 Å². The number of aromatic carboxylic acids is 1. The van der Waals surface area contributed by atoms with Crippen molar-refractivity contribution < 1.29 is 27.0 Å². The molecule has 0 bridgehead atoms.